The Kier molecular flexibility index (Phi) is 3.41. The predicted molar refractivity (Wildman–Crippen MR) is 104 cm³/mol. The number of aryl methyl sites for hydroxylation is 2. The Balaban J connectivity index is 2.01. The molecule has 0 bridgehead atoms. The molecule has 5 rings (SSSR count). The van der Waals surface area contributed by atoms with E-state index in [9.17, 15) is 4.79 Å². The van der Waals surface area contributed by atoms with Crippen molar-refractivity contribution < 1.29 is 0 Å². The molecule has 0 N–H and O–H groups in total. The highest BCUT2D eigenvalue weighted by atomic mass is 16.1. The molecule has 1 aromatic carbocycles. The van der Waals surface area contributed by atoms with Crippen LogP contribution >= 0.6 is 0 Å². The fraction of sp³-hybridized carbons (Fsp3) is 0.429. The molecule has 0 amide bonds. The van der Waals surface area contributed by atoms with E-state index in [1.54, 1.807) is 15.2 Å². The van der Waals surface area contributed by atoms with Gasteiger partial charge in [0.25, 0.3) is 11.3 Å². The third-order valence-corrected chi connectivity index (χ3v) is 6.51. The molecule has 1 spiro atoms. The van der Waals surface area contributed by atoms with Gasteiger partial charge in [0.15, 0.2) is 0 Å². The Morgan fingerprint density at radius 2 is 1.96 bits per heavy atom. The minimum absolute atomic E-state index is 0.0423. The van der Waals surface area contributed by atoms with Crippen LogP contribution in [0.25, 0.3) is 17.0 Å². The Morgan fingerprint density at radius 1 is 1.22 bits per heavy atom. The van der Waals surface area contributed by atoms with Gasteiger partial charge in [0.1, 0.15) is 0 Å². The maximum atomic E-state index is 13.7. The molecule has 27 heavy (non-hydrogen) atoms. The third kappa shape index (κ3) is 2.07. The number of benzene rings is 1. The zero-order valence-corrected chi connectivity index (χ0v) is 15.8. The first-order valence-electron chi connectivity index (χ1n) is 9.63. The zero-order chi connectivity index (χ0) is 18.8. The SMILES string of the molecule is C=CCn1c(=O)c2c(n3nnnc13)-c1c(C)ccc(C)c1CC21CCCC1. The lowest BCUT2D eigenvalue weighted by molar-refractivity contribution is 0.420. The van der Waals surface area contributed by atoms with Crippen molar-refractivity contribution in [3.8, 4) is 11.3 Å². The smallest absolute Gasteiger partial charge is 0.259 e. The number of allylic oxidation sites excluding steroid dienone is 1. The molecule has 138 valence electrons. The van der Waals surface area contributed by atoms with Crippen LogP contribution < -0.4 is 5.56 Å². The molecular formula is C21H23N5O. The van der Waals surface area contributed by atoms with Gasteiger partial charge in [-0.05, 0) is 60.2 Å². The van der Waals surface area contributed by atoms with Crippen LogP contribution in [0.3, 0.4) is 0 Å². The molecule has 3 aromatic rings. The normalized spacial score (nSPS) is 17.3. The minimum Gasteiger partial charge on any atom is -0.271 e. The van der Waals surface area contributed by atoms with Crippen LogP contribution in [0.15, 0.2) is 29.6 Å². The molecule has 2 aliphatic carbocycles. The molecule has 0 aliphatic heterocycles. The van der Waals surface area contributed by atoms with Crippen molar-refractivity contribution in [3.05, 3.63) is 57.4 Å². The second kappa shape index (κ2) is 5.62. The van der Waals surface area contributed by atoms with E-state index < -0.39 is 0 Å². The fourth-order valence-corrected chi connectivity index (χ4v) is 5.26. The molecule has 2 aliphatic rings. The van der Waals surface area contributed by atoms with Crippen molar-refractivity contribution in [3.63, 3.8) is 0 Å². The summed E-state index contributed by atoms with van der Waals surface area (Å²) < 4.78 is 3.45. The van der Waals surface area contributed by atoms with Gasteiger partial charge in [0, 0.05) is 17.5 Å². The number of hydrogen-bond acceptors (Lipinski definition) is 4. The Bertz CT molecular complexity index is 1150. The van der Waals surface area contributed by atoms with Crippen LogP contribution in [0.2, 0.25) is 0 Å². The minimum atomic E-state index is -0.110. The maximum absolute atomic E-state index is 13.7. The summed E-state index contributed by atoms with van der Waals surface area (Å²) in [5, 5.41) is 12.4. The molecular weight excluding hydrogens is 338 g/mol. The first kappa shape index (κ1) is 16.4. The molecule has 1 saturated carbocycles. The van der Waals surface area contributed by atoms with Crippen molar-refractivity contribution in [1.82, 2.24) is 24.6 Å². The van der Waals surface area contributed by atoms with Crippen LogP contribution in [0.5, 0.6) is 0 Å². The Hall–Kier alpha value is -2.76. The van der Waals surface area contributed by atoms with E-state index in [4.69, 9.17) is 0 Å². The first-order valence-corrected chi connectivity index (χ1v) is 9.63. The number of rotatable bonds is 2. The monoisotopic (exact) mass is 361 g/mol. The van der Waals surface area contributed by atoms with Crippen molar-refractivity contribution in [2.75, 3.05) is 0 Å². The molecule has 6 nitrogen and oxygen atoms in total. The number of fused-ring (bicyclic) bond motifs is 6. The van der Waals surface area contributed by atoms with E-state index in [1.165, 1.54) is 16.7 Å². The molecule has 1 fully saturated rings. The summed E-state index contributed by atoms with van der Waals surface area (Å²) in [5.74, 6) is 0.487. The number of hydrogen-bond donors (Lipinski definition) is 0. The highest BCUT2D eigenvalue weighted by Crippen LogP contribution is 2.51. The van der Waals surface area contributed by atoms with Crippen LogP contribution in [0, 0.1) is 13.8 Å². The van der Waals surface area contributed by atoms with E-state index in [1.807, 2.05) is 0 Å². The summed E-state index contributed by atoms with van der Waals surface area (Å²) in [6.07, 6.45) is 7.08. The first-order chi connectivity index (χ1) is 13.1. The van der Waals surface area contributed by atoms with E-state index in [2.05, 4.69) is 48.1 Å². The fourth-order valence-electron chi connectivity index (χ4n) is 5.26. The van der Waals surface area contributed by atoms with Gasteiger partial charge in [-0.25, -0.2) is 0 Å². The van der Waals surface area contributed by atoms with Gasteiger partial charge in [0.05, 0.1) is 11.3 Å². The predicted octanol–water partition coefficient (Wildman–Crippen LogP) is 3.12. The summed E-state index contributed by atoms with van der Waals surface area (Å²) >= 11 is 0. The summed E-state index contributed by atoms with van der Waals surface area (Å²) in [6.45, 7) is 8.50. The Labute approximate surface area is 157 Å². The Morgan fingerprint density at radius 3 is 2.70 bits per heavy atom. The van der Waals surface area contributed by atoms with Gasteiger partial charge in [-0.1, -0.05) is 36.1 Å². The zero-order valence-electron chi connectivity index (χ0n) is 15.8. The van der Waals surface area contributed by atoms with Gasteiger partial charge in [-0.15, -0.1) is 6.58 Å². The third-order valence-electron chi connectivity index (χ3n) is 6.51. The highest BCUT2D eigenvalue weighted by Gasteiger charge is 2.46. The van der Waals surface area contributed by atoms with Crippen LogP contribution in [-0.2, 0) is 18.4 Å². The second-order valence-corrected chi connectivity index (χ2v) is 8.04. The van der Waals surface area contributed by atoms with Gasteiger partial charge in [-0.3, -0.25) is 9.36 Å². The highest BCUT2D eigenvalue weighted by molar-refractivity contribution is 5.77. The number of aromatic nitrogens is 5. The van der Waals surface area contributed by atoms with Crippen LogP contribution in [0.1, 0.15) is 47.9 Å². The van der Waals surface area contributed by atoms with Crippen molar-refractivity contribution in [2.45, 2.75) is 57.9 Å². The van der Waals surface area contributed by atoms with Gasteiger partial charge >= 0.3 is 0 Å². The van der Waals surface area contributed by atoms with Crippen LogP contribution in [-0.4, -0.2) is 24.6 Å². The summed E-state index contributed by atoms with van der Waals surface area (Å²) in [4.78, 5) is 13.7. The molecule has 2 aromatic heterocycles. The second-order valence-electron chi connectivity index (χ2n) is 8.04. The average Bonchev–Trinajstić information content (AvgIpc) is 3.31. The summed E-state index contributed by atoms with van der Waals surface area (Å²) in [7, 11) is 0. The summed E-state index contributed by atoms with van der Waals surface area (Å²) in [6, 6.07) is 4.33. The van der Waals surface area contributed by atoms with E-state index in [-0.39, 0.29) is 11.0 Å². The van der Waals surface area contributed by atoms with E-state index >= 15 is 0 Å². The van der Waals surface area contributed by atoms with Crippen molar-refractivity contribution in [2.24, 2.45) is 0 Å². The summed E-state index contributed by atoms with van der Waals surface area (Å²) in [5.41, 5.74) is 6.69. The maximum Gasteiger partial charge on any atom is 0.259 e. The molecule has 2 heterocycles. The van der Waals surface area contributed by atoms with Crippen molar-refractivity contribution in [1.29, 1.82) is 0 Å². The number of tetrazole rings is 1. The van der Waals surface area contributed by atoms with Gasteiger partial charge in [-0.2, -0.15) is 4.52 Å². The van der Waals surface area contributed by atoms with E-state index in [0.29, 0.717) is 12.3 Å². The average molecular weight is 361 g/mol. The number of nitrogens with zero attached hydrogens (tertiary/aromatic N) is 5. The lowest BCUT2D eigenvalue weighted by Gasteiger charge is -2.37. The standard InChI is InChI=1S/C21H23N5O/c1-4-11-25-19(27)17-18(26-20(25)22-23-24-26)16-14(3)8-7-13(2)15(16)12-21(17)9-5-6-10-21/h4,7-8H,1,5-6,9-12H2,2-3H3. The molecule has 6 heteroatoms. The molecule has 0 unspecified atom stereocenters. The largest absolute Gasteiger partial charge is 0.271 e. The van der Waals surface area contributed by atoms with E-state index in [0.717, 1.165) is 48.9 Å². The quantitative estimate of drug-likeness (QED) is 0.658. The topological polar surface area (TPSA) is 65.1 Å². The lowest BCUT2D eigenvalue weighted by Crippen LogP contribution is -2.41. The molecule has 0 atom stereocenters. The van der Waals surface area contributed by atoms with Crippen molar-refractivity contribution >= 4 is 5.78 Å². The van der Waals surface area contributed by atoms with Gasteiger partial charge in [0.2, 0.25) is 0 Å². The lowest BCUT2D eigenvalue weighted by atomic mass is 9.67. The molecule has 0 saturated heterocycles. The van der Waals surface area contributed by atoms with Gasteiger partial charge < -0.3 is 0 Å². The van der Waals surface area contributed by atoms with Crippen LogP contribution in [0.4, 0.5) is 0 Å². The molecule has 0 radical (unpaired) electrons.